The maximum atomic E-state index is 14.7. The van der Waals surface area contributed by atoms with Crippen LogP contribution in [0.3, 0.4) is 0 Å². The lowest BCUT2D eigenvalue weighted by molar-refractivity contribution is 0.101. The number of carbonyl (C=O) groups excluding carboxylic acids is 1. The second-order valence-corrected chi connectivity index (χ2v) is 6.36. The molecular formula is C19H21Cl2FN2O3. The molecule has 8 heteroatoms. The minimum absolute atomic E-state index is 0. The summed E-state index contributed by atoms with van der Waals surface area (Å²) < 4.78 is 25.3. The minimum atomic E-state index is -0.479. The predicted molar refractivity (Wildman–Crippen MR) is 106 cm³/mol. The molecule has 2 aromatic carbocycles. The molecule has 0 radical (unpaired) electrons. The molecule has 5 nitrogen and oxygen atoms in total. The fraction of sp³-hybridized carbons (Fsp3) is 0.316. The number of nitrogens with one attached hydrogen (secondary N) is 2. The first-order valence-electron chi connectivity index (χ1n) is 8.33. The van der Waals surface area contributed by atoms with Crippen LogP contribution in [0.15, 0.2) is 30.3 Å². The summed E-state index contributed by atoms with van der Waals surface area (Å²) in [5.74, 6) is -0.500. The maximum absolute atomic E-state index is 14.7. The second kappa shape index (κ2) is 9.90. The summed E-state index contributed by atoms with van der Waals surface area (Å²) in [6, 6.07) is 8.15. The zero-order valence-corrected chi connectivity index (χ0v) is 16.4. The fourth-order valence-electron chi connectivity index (χ4n) is 2.86. The highest BCUT2D eigenvalue weighted by Gasteiger charge is 2.20. The van der Waals surface area contributed by atoms with Crippen LogP contribution in [-0.4, -0.2) is 32.8 Å². The van der Waals surface area contributed by atoms with Crippen molar-refractivity contribution in [1.29, 1.82) is 0 Å². The van der Waals surface area contributed by atoms with Crippen LogP contribution in [0.4, 0.5) is 10.1 Å². The topological polar surface area (TPSA) is 59.6 Å². The molecule has 1 aliphatic heterocycles. The van der Waals surface area contributed by atoms with Crippen LogP contribution in [0, 0.1) is 5.82 Å². The number of ether oxygens (including phenoxy) is 2. The lowest BCUT2D eigenvalue weighted by atomic mass is 9.99. The van der Waals surface area contributed by atoms with Gasteiger partial charge in [0.25, 0.3) is 5.91 Å². The summed E-state index contributed by atoms with van der Waals surface area (Å²) in [5.41, 5.74) is 1.95. The SMILES string of the molecule is COCCOc1ccc(Cl)cc1C(=O)Nc1ccc2c(c1F)CCNC2.Cl. The Morgan fingerprint density at radius 2 is 2.11 bits per heavy atom. The van der Waals surface area contributed by atoms with Crippen LogP contribution in [0.5, 0.6) is 5.75 Å². The van der Waals surface area contributed by atoms with E-state index in [0.29, 0.717) is 49.1 Å². The van der Waals surface area contributed by atoms with Crippen molar-refractivity contribution in [2.24, 2.45) is 0 Å². The van der Waals surface area contributed by atoms with Crippen LogP contribution in [0.2, 0.25) is 5.02 Å². The number of fused-ring (bicyclic) bond motifs is 1. The molecule has 1 heterocycles. The highest BCUT2D eigenvalue weighted by atomic mass is 35.5. The Hall–Kier alpha value is -1.86. The van der Waals surface area contributed by atoms with Crippen LogP contribution in [-0.2, 0) is 17.7 Å². The molecule has 27 heavy (non-hydrogen) atoms. The number of amides is 1. The minimum Gasteiger partial charge on any atom is -0.490 e. The van der Waals surface area contributed by atoms with Gasteiger partial charge in [0.05, 0.1) is 17.9 Å². The molecule has 0 aromatic heterocycles. The number of rotatable bonds is 6. The number of halogens is 3. The number of anilines is 1. The van der Waals surface area contributed by atoms with Crippen LogP contribution in [0.25, 0.3) is 0 Å². The molecule has 146 valence electrons. The highest BCUT2D eigenvalue weighted by Crippen LogP contribution is 2.27. The third kappa shape index (κ3) is 5.11. The average molecular weight is 415 g/mol. The first-order chi connectivity index (χ1) is 12.6. The van der Waals surface area contributed by atoms with E-state index in [1.165, 1.54) is 6.07 Å². The first kappa shape index (κ1) is 21.4. The van der Waals surface area contributed by atoms with E-state index < -0.39 is 5.91 Å². The number of hydrogen-bond donors (Lipinski definition) is 2. The molecule has 2 N–H and O–H groups in total. The summed E-state index contributed by atoms with van der Waals surface area (Å²) in [5, 5.41) is 6.22. The van der Waals surface area contributed by atoms with Crippen molar-refractivity contribution < 1.29 is 18.7 Å². The Bertz CT molecular complexity index is 818. The largest absolute Gasteiger partial charge is 0.490 e. The summed E-state index contributed by atoms with van der Waals surface area (Å²) in [7, 11) is 1.56. The Balaban J connectivity index is 0.00000261. The summed E-state index contributed by atoms with van der Waals surface area (Å²) >= 11 is 6.01. The Kier molecular flexibility index (Phi) is 7.86. The molecule has 1 amide bonds. The molecule has 0 spiro atoms. The number of benzene rings is 2. The van der Waals surface area contributed by atoms with Crippen molar-refractivity contribution in [3.05, 3.63) is 57.9 Å². The number of carbonyl (C=O) groups is 1. The van der Waals surface area contributed by atoms with Gasteiger partial charge in [0.2, 0.25) is 0 Å². The lowest BCUT2D eigenvalue weighted by Gasteiger charge is -2.19. The summed E-state index contributed by atoms with van der Waals surface area (Å²) in [6.45, 7) is 2.02. The van der Waals surface area contributed by atoms with Crippen molar-refractivity contribution in [3.63, 3.8) is 0 Å². The number of hydrogen-bond acceptors (Lipinski definition) is 4. The molecular weight excluding hydrogens is 394 g/mol. The van der Waals surface area contributed by atoms with Crippen molar-refractivity contribution >= 4 is 35.6 Å². The zero-order chi connectivity index (χ0) is 18.5. The molecule has 0 unspecified atom stereocenters. The summed E-state index contributed by atoms with van der Waals surface area (Å²) in [4.78, 5) is 12.7. The van der Waals surface area contributed by atoms with E-state index in [1.807, 2.05) is 6.07 Å². The third-order valence-electron chi connectivity index (χ3n) is 4.19. The molecule has 0 saturated heterocycles. The normalized spacial score (nSPS) is 12.7. The van der Waals surface area contributed by atoms with Crippen molar-refractivity contribution in [3.8, 4) is 5.75 Å². The molecule has 0 atom stereocenters. The van der Waals surface area contributed by atoms with Crippen LogP contribution in [0.1, 0.15) is 21.5 Å². The average Bonchev–Trinajstić information content (AvgIpc) is 2.65. The first-order valence-corrected chi connectivity index (χ1v) is 8.71. The van der Waals surface area contributed by atoms with Gasteiger partial charge in [0.1, 0.15) is 18.2 Å². The van der Waals surface area contributed by atoms with E-state index in [9.17, 15) is 9.18 Å². The van der Waals surface area contributed by atoms with E-state index in [1.54, 1.807) is 25.3 Å². The molecule has 0 fully saturated rings. The van der Waals surface area contributed by atoms with Crippen molar-refractivity contribution in [2.45, 2.75) is 13.0 Å². The van der Waals surface area contributed by atoms with Gasteiger partial charge in [-0.2, -0.15) is 0 Å². The molecule has 2 aromatic rings. The molecule has 0 bridgehead atoms. The van der Waals surface area contributed by atoms with Crippen molar-refractivity contribution in [1.82, 2.24) is 5.32 Å². The number of methoxy groups -OCH3 is 1. The van der Waals surface area contributed by atoms with Gasteiger partial charge in [-0.3, -0.25) is 4.79 Å². The summed E-state index contributed by atoms with van der Waals surface area (Å²) in [6.07, 6.45) is 0.591. The van der Waals surface area contributed by atoms with Gasteiger partial charge in [-0.15, -0.1) is 12.4 Å². The Labute approximate surface area is 168 Å². The van der Waals surface area contributed by atoms with E-state index in [0.717, 1.165) is 5.56 Å². The Morgan fingerprint density at radius 3 is 2.89 bits per heavy atom. The molecule has 3 rings (SSSR count). The van der Waals surface area contributed by atoms with Crippen molar-refractivity contribution in [2.75, 3.05) is 32.2 Å². The monoisotopic (exact) mass is 414 g/mol. The second-order valence-electron chi connectivity index (χ2n) is 5.93. The van der Waals surface area contributed by atoms with Gasteiger partial charge in [0, 0.05) is 18.7 Å². The van der Waals surface area contributed by atoms with E-state index in [2.05, 4.69) is 10.6 Å². The third-order valence-corrected chi connectivity index (χ3v) is 4.42. The molecule has 0 aliphatic carbocycles. The van der Waals surface area contributed by atoms with Gasteiger partial charge in [-0.1, -0.05) is 17.7 Å². The van der Waals surface area contributed by atoms with E-state index >= 15 is 0 Å². The smallest absolute Gasteiger partial charge is 0.259 e. The maximum Gasteiger partial charge on any atom is 0.259 e. The van der Waals surface area contributed by atoms with Gasteiger partial charge in [-0.25, -0.2) is 4.39 Å². The predicted octanol–water partition coefficient (Wildman–Crippen LogP) is 3.82. The molecule has 0 saturated carbocycles. The van der Waals surface area contributed by atoms with Gasteiger partial charge in [-0.05, 0) is 48.4 Å². The quantitative estimate of drug-likeness (QED) is 0.705. The zero-order valence-electron chi connectivity index (χ0n) is 14.8. The highest BCUT2D eigenvalue weighted by molar-refractivity contribution is 6.31. The lowest BCUT2D eigenvalue weighted by Crippen LogP contribution is -2.25. The fourth-order valence-corrected chi connectivity index (χ4v) is 3.03. The van der Waals surface area contributed by atoms with E-state index in [-0.39, 0.29) is 29.5 Å². The van der Waals surface area contributed by atoms with E-state index in [4.69, 9.17) is 21.1 Å². The van der Waals surface area contributed by atoms with Gasteiger partial charge < -0.3 is 20.1 Å². The standard InChI is InChI=1S/C19H20ClFN2O3.ClH/c1-25-8-9-26-17-5-3-13(20)10-15(17)19(24)23-16-4-2-12-11-22-7-6-14(12)18(16)21;/h2-5,10,22H,6-9,11H2,1H3,(H,23,24);1H. The van der Waals surface area contributed by atoms with Crippen LogP contribution < -0.4 is 15.4 Å². The van der Waals surface area contributed by atoms with Gasteiger partial charge in [0.15, 0.2) is 0 Å². The molecule has 1 aliphatic rings. The van der Waals surface area contributed by atoms with Crippen LogP contribution >= 0.6 is 24.0 Å². The van der Waals surface area contributed by atoms with Gasteiger partial charge >= 0.3 is 0 Å². The Morgan fingerprint density at radius 1 is 1.30 bits per heavy atom.